The quantitative estimate of drug-likeness (QED) is 0.403. The first-order valence-corrected chi connectivity index (χ1v) is 11.2. The Balaban J connectivity index is 0.000000252. The minimum atomic E-state index is -0.315. The Morgan fingerprint density at radius 2 is 1.21 bits per heavy atom. The lowest BCUT2D eigenvalue weighted by Crippen LogP contribution is -2.15. The van der Waals surface area contributed by atoms with E-state index in [2.05, 4.69) is 89.3 Å². The second-order valence-corrected chi connectivity index (χ2v) is 8.69. The smallest absolute Gasteiger partial charge is 0.0623 e. The van der Waals surface area contributed by atoms with Crippen molar-refractivity contribution in [3.63, 3.8) is 0 Å². The van der Waals surface area contributed by atoms with Crippen LogP contribution in [0, 0.1) is 0 Å². The summed E-state index contributed by atoms with van der Waals surface area (Å²) in [7, 11) is -0.315. The van der Waals surface area contributed by atoms with E-state index in [1.54, 1.807) is 12.3 Å². The van der Waals surface area contributed by atoms with Gasteiger partial charge in [0.05, 0.1) is 5.69 Å². The first kappa shape index (κ1) is 20.6. The normalized spacial score (nSPS) is 10.1. The fourth-order valence-electron chi connectivity index (χ4n) is 2.89. The molecule has 29 heavy (non-hydrogen) atoms. The molecular weight excluding hydrogens is 371 g/mol. The van der Waals surface area contributed by atoms with Crippen LogP contribution in [-0.4, -0.2) is 16.1 Å². The molecule has 0 fully saturated rings. The Hall–Kier alpha value is -3.09. The fourth-order valence-corrected chi connectivity index (χ4v) is 5.22. The number of pyridine rings is 2. The van der Waals surface area contributed by atoms with Gasteiger partial charge in [-0.25, -0.2) is 0 Å². The fraction of sp³-hybridized carbons (Fsp3) is 0.0769. The highest BCUT2D eigenvalue weighted by Crippen LogP contribution is 2.33. The first-order valence-electron chi connectivity index (χ1n) is 9.68. The van der Waals surface area contributed by atoms with Crippen LogP contribution in [0.3, 0.4) is 0 Å². The molecule has 0 aliphatic heterocycles. The number of aromatic nitrogens is 2. The lowest BCUT2D eigenvalue weighted by molar-refractivity contribution is 1.04. The maximum atomic E-state index is 4.45. The minimum Gasteiger partial charge on any atom is -0.261 e. The molecular formula is C26H25N2P. The highest BCUT2D eigenvalue weighted by molar-refractivity contribution is 7.73. The number of benzene rings is 2. The van der Waals surface area contributed by atoms with Crippen molar-refractivity contribution in [2.24, 2.45) is 0 Å². The lowest BCUT2D eigenvalue weighted by atomic mass is 10.3. The molecule has 0 saturated heterocycles. The molecule has 2 aromatic heterocycles. The summed E-state index contributed by atoms with van der Waals surface area (Å²) in [5.74, 6) is 0. The van der Waals surface area contributed by atoms with Gasteiger partial charge in [-0.15, -0.1) is 0 Å². The summed E-state index contributed by atoms with van der Waals surface area (Å²) >= 11 is 0. The van der Waals surface area contributed by atoms with Crippen molar-refractivity contribution in [2.75, 3.05) is 6.16 Å². The van der Waals surface area contributed by atoms with E-state index >= 15 is 0 Å². The van der Waals surface area contributed by atoms with Crippen LogP contribution < -0.4 is 10.6 Å². The summed E-state index contributed by atoms with van der Waals surface area (Å²) in [6.45, 7) is 3.57. The van der Waals surface area contributed by atoms with Crippen molar-refractivity contribution in [3.05, 3.63) is 127 Å². The standard InChI is InChI=1S/C19H18NP.C7H7N/c1-3-10-18(11-4-1)21(19-12-5-2-6-13-19)16-14-17-9-7-8-15-20-17;1-2-7-5-3-4-6-8-7/h1-13,15H,14,16H2;2-6H,1H2. The van der Waals surface area contributed by atoms with E-state index in [4.69, 9.17) is 0 Å². The van der Waals surface area contributed by atoms with E-state index in [0.717, 1.165) is 18.3 Å². The SMILES string of the molecule is C=Cc1ccccn1.c1ccc(P(CCc2ccccn2)c2ccccc2)cc1. The molecule has 0 atom stereocenters. The molecule has 144 valence electrons. The predicted molar refractivity (Wildman–Crippen MR) is 126 cm³/mol. The van der Waals surface area contributed by atoms with E-state index in [0.29, 0.717) is 0 Å². The molecule has 0 saturated carbocycles. The largest absolute Gasteiger partial charge is 0.261 e. The van der Waals surface area contributed by atoms with Gasteiger partial charge in [0.15, 0.2) is 0 Å². The Bertz CT molecular complexity index is 919. The molecule has 4 aromatic rings. The highest BCUT2D eigenvalue weighted by atomic mass is 31.1. The van der Waals surface area contributed by atoms with Gasteiger partial charge in [0.25, 0.3) is 0 Å². The summed E-state index contributed by atoms with van der Waals surface area (Å²) in [4.78, 5) is 8.43. The average Bonchev–Trinajstić information content (AvgIpc) is 2.82. The average molecular weight is 396 g/mol. The number of rotatable bonds is 6. The van der Waals surface area contributed by atoms with E-state index in [-0.39, 0.29) is 7.92 Å². The van der Waals surface area contributed by atoms with Gasteiger partial charge in [-0.1, -0.05) is 79.4 Å². The molecule has 2 heterocycles. The third-order valence-corrected chi connectivity index (χ3v) is 6.86. The van der Waals surface area contributed by atoms with Crippen LogP contribution in [0.25, 0.3) is 6.08 Å². The number of hydrogen-bond acceptors (Lipinski definition) is 2. The van der Waals surface area contributed by atoms with Crippen molar-refractivity contribution in [3.8, 4) is 0 Å². The highest BCUT2D eigenvalue weighted by Gasteiger charge is 2.13. The van der Waals surface area contributed by atoms with Crippen LogP contribution in [0.2, 0.25) is 0 Å². The Kier molecular flexibility index (Phi) is 8.32. The first-order chi connectivity index (χ1) is 14.4. The van der Waals surface area contributed by atoms with Crippen LogP contribution in [-0.2, 0) is 6.42 Å². The molecule has 2 nitrogen and oxygen atoms in total. The molecule has 3 heteroatoms. The van der Waals surface area contributed by atoms with Gasteiger partial charge in [-0.2, -0.15) is 0 Å². The Morgan fingerprint density at radius 1 is 0.655 bits per heavy atom. The van der Waals surface area contributed by atoms with Crippen molar-refractivity contribution in [1.82, 2.24) is 9.97 Å². The molecule has 0 N–H and O–H groups in total. The van der Waals surface area contributed by atoms with Crippen LogP contribution in [0.1, 0.15) is 11.4 Å². The Morgan fingerprint density at radius 3 is 1.66 bits per heavy atom. The molecule has 0 spiro atoms. The monoisotopic (exact) mass is 396 g/mol. The maximum absolute atomic E-state index is 4.45. The number of nitrogens with zero attached hydrogens (tertiary/aromatic N) is 2. The summed E-state index contributed by atoms with van der Waals surface area (Å²) in [5, 5.41) is 2.88. The summed E-state index contributed by atoms with van der Waals surface area (Å²) in [6.07, 6.45) is 7.51. The third kappa shape index (κ3) is 6.78. The van der Waals surface area contributed by atoms with Gasteiger partial charge in [-0.05, 0) is 61.5 Å². The predicted octanol–water partition coefficient (Wildman–Crippen LogP) is 5.48. The summed E-state index contributed by atoms with van der Waals surface area (Å²) < 4.78 is 0. The van der Waals surface area contributed by atoms with Crippen LogP contribution >= 0.6 is 7.92 Å². The second-order valence-electron chi connectivity index (χ2n) is 6.35. The van der Waals surface area contributed by atoms with Gasteiger partial charge < -0.3 is 0 Å². The van der Waals surface area contributed by atoms with Crippen molar-refractivity contribution < 1.29 is 0 Å². The third-order valence-electron chi connectivity index (χ3n) is 4.35. The zero-order valence-corrected chi connectivity index (χ0v) is 17.3. The topological polar surface area (TPSA) is 25.8 Å². The van der Waals surface area contributed by atoms with Gasteiger partial charge in [0.1, 0.15) is 0 Å². The zero-order chi connectivity index (χ0) is 20.2. The maximum Gasteiger partial charge on any atom is 0.0623 e. The summed E-state index contributed by atoms with van der Waals surface area (Å²) in [5.41, 5.74) is 2.10. The van der Waals surface area contributed by atoms with Gasteiger partial charge >= 0.3 is 0 Å². The molecule has 2 aromatic carbocycles. The van der Waals surface area contributed by atoms with Crippen LogP contribution in [0.15, 0.2) is 116 Å². The molecule has 0 aliphatic rings. The molecule has 0 radical (unpaired) electrons. The molecule has 0 amide bonds. The van der Waals surface area contributed by atoms with Crippen LogP contribution in [0.5, 0.6) is 0 Å². The summed E-state index contributed by atoms with van der Waals surface area (Å²) in [6, 6.07) is 33.6. The van der Waals surface area contributed by atoms with E-state index in [9.17, 15) is 0 Å². The van der Waals surface area contributed by atoms with Crippen molar-refractivity contribution in [1.29, 1.82) is 0 Å². The minimum absolute atomic E-state index is 0.315. The van der Waals surface area contributed by atoms with Crippen molar-refractivity contribution in [2.45, 2.75) is 6.42 Å². The Labute approximate surface area is 174 Å². The zero-order valence-electron chi connectivity index (χ0n) is 16.4. The number of aryl methyl sites for hydroxylation is 1. The lowest BCUT2D eigenvalue weighted by Gasteiger charge is -2.18. The molecule has 0 bridgehead atoms. The van der Waals surface area contributed by atoms with E-state index < -0.39 is 0 Å². The van der Waals surface area contributed by atoms with Gasteiger partial charge in [0, 0.05) is 18.1 Å². The molecule has 0 unspecified atom stereocenters. The van der Waals surface area contributed by atoms with Gasteiger partial charge in [0.2, 0.25) is 0 Å². The van der Waals surface area contributed by atoms with Gasteiger partial charge in [-0.3, -0.25) is 9.97 Å². The molecule has 0 aliphatic carbocycles. The van der Waals surface area contributed by atoms with Crippen LogP contribution in [0.4, 0.5) is 0 Å². The second kappa shape index (κ2) is 11.7. The van der Waals surface area contributed by atoms with E-state index in [1.807, 2.05) is 30.5 Å². The van der Waals surface area contributed by atoms with E-state index in [1.165, 1.54) is 16.3 Å². The number of hydrogen-bond donors (Lipinski definition) is 0. The van der Waals surface area contributed by atoms with Crippen molar-refractivity contribution >= 4 is 24.6 Å². The molecule has 4 rings (SSSR count).